The Hall–Kier alpha value is -3.60. The molecule has 5 rings (SSSR count). The molecule has 0 atom stereocenters. The lowest BCUT2D eigenvalue weighted by Gasteiger charge is -2.58. The number of fused-ring (bicyclic) bond motifs is 1. The number of pyridine rings is 1. The molecule has 1 saturated carbocycles. The second-order valence-electron chi connectivity index (χ2n) is 8.77. The molecule has 11 heteroatoms. The van der Waals surface area contributed by atoms with E-state index in [1.807, 2.05) is 6.07 Å². The zero-order chi connectivity index (χ0) is 24.1. The van der Waals surface area contributed by atoms with Crippen molar-refractivity contribution in [1.29, 1.82) is 0 Å². The number of hydrogen-bond donors (Lipinski definition) is 2. The third-order valence-electron chi connectivity index (χ3n) is 6.28. The molecule has 0 unspecified atom stereocenters. The van der Waals surface area contributed by atoms with Gasteiger partial charge < -0.3 is 20.1 Å². The number of nitrogens with one attached hydrogen (secondary N) is 1. The number of benzene rings is 1. The first-order chi connectivity index (χ1) is 16.2. The van der Waals surface area contributed by atoms with Crippen LogP contribution in [0.5, 0.6) is 5.75 Å². The maximum Gasteiger partial charge on any atom is 0.573 e. The van der Waals surface area contributed by atoms with E-state index in [2.05, 4.69) is 31.6 Å². The average molecular weight is 473 g/mol. The van der Waals surface area contributed by atoms with E-state index >= 15 is 0 Å². The number of hydrogen-bond acceptors (Lipinski definition) is 6. The van der Waals surface area contributed by atoms with Crippen LogP contribution in [-0.2, 0) is 11.3 Å². The van der Waals surface area contributed by atoms with Gasteiger partial charge in [0.1, 0.15) is 5.75 Å². The Morgan fingerprint density at radius 3 is 2.59 bits per heavy atom. The van der Waals surface area contributed by atoms with Gasteiger partial charge in [-0.3, -0.25) is 4.79 Å². The van der Waals surface area contributed by atoms with Crippen molar-refractivity contribution in [3.63, 3.8) is 0 Å². The second kappa shape index (κ2) is 8.01. The highest BCUT2D eigenvalue weighted by molar-refractivity contribution is 5.94. The first-order valence-electron chi connectivity index (χ1n) is 10.7. The highest BCUT2D eigenvalue weighted by Gasteiger charge is 2.52. The molecule has 2 N–H and O–H groups in total. The van der Waals surface area contributed by atoms with Crippen LogP contribution in [-0.4, -0.2) is 51.3 Å². The summed E-state index contributed by atoms with van der Waals surface area (Å²) in [6, 6.07) is 7.22. The Labute approximate surface area is 192 Å². The molecule has 178 valence electrons. The van der Waals surface area contributed by atoms with Gasteiger partial charge in [-0.15, -0.1) is 13.2 Å². The number of aromatic nitrogens is 3. The van der Waals surface area contributed by atoms with E-state index in [9.17, 15) is 23.1 Å². The minimum absolute atomic E-state index is 0.125. The number of carbonyl (C=O) groups excluding carboxylic acids is 1. The Bertz CT molecular complexity index is 1240. The normalized spacial score (nSPS) is 17.4. The van der Waals surface area contributed by atoms with Crippen LogP contribution in [0.2, 0.25) is 0 Å². The molecule has 3 heterocycles. The highest BCUT2D eigenvalue weighted by atomic mass is 19.4. The minimum atomic E-state index is -4.78. The maximum atomic E-state index is 12.5. The van der Waals surface area contributed by atoms with Crippen LogP contribution in [0, 0.1) is 5.41 Å². The maximum absolute atomic E-state index is 12.5. The molecule has 1 amide bonds. The molecular weight excluding hydrogens is 451 g/mol. The minimum Gasteiger partial charge on any atom is -0.406 e. The van der Waals surface area contributed by atoms with E-state index in [0.29, 0.717) is 17.0 Å². The van der Waals surface area contributed by atoms with Crippen LogP contribution in [0.4, 0.5) is 18.9 Å². The molecule has 1 aliphatic carbocycles. The molecule has 1 spiro atoms. The Morgan fingerprint density at radius 2 is 1.97 bits per heavy atom. The molecule has 8 nitrogen and oxygen atoms in total. The highest BCUT2D eigenvalue weighted by Crippen LogP contribution is 2.50. The lowest BCUT2D eigenvalue weighted by atomic mass is 9.62. The van der Waals surface area contributed by atoms with Gasteiger partial charge in [-0.1, -0.05) is 6.58 Å². The van der Waals surface area contributed by atoms with E-state index in [1.54, 1.807) is 6.20 Å². The zero-order valence-corrected chi connectivity index (χ0v) is 18.0. The van der Waals surface area contributed by atoms with Gasteiger partial charge in [0.15, 0.2) is 5.65 Å². The Morgan fingerprint density at radius 1 is 1.26 bits per heavy atom. The van der Waals surface area contributed by atoms with E-state index in [1.165, 1.54) is 35.0 Å². The van der Waals surface area contributed by atoms with Crippen molar-refractivity contribution >= 4 is 22.6 Å². The average Bonchev–Trinajstić information content (AvgIpc) is 3.12. The fraction of sp³-hybridized carbons (Fsp3) is 0.348. The molecule has 2 aliphatic rings. The van der Waals surface area contributed by atoms with Crippen LogP contribution >= 0.6 is 0 Å². The fourth-order valence-corrected chi connectivity index (χ4v) is 4.83. The van der Waals surface area contributed by atoms with Crippen molar-refractivity contribution in [2.24, 2.45) is 5.41 Å². The molecule has 1 aliphatic heterocycles. The van der Waals surface area contributed by atoms with Gasteiger partial charge >= 0.3 is 6.36 Å². The van der Waals surface area contributed by atoms with Gasteiger partial charge in [0.05, 0.1) is 35.1 Å². The summed E-state index contributed by atoms with van der Waals surface area (Å²) in [6.07, 6.45) is -0.631. The van der Waals surface area contributed by atoms with Crippen LogP contribution in [0.25, 0.3) is 16.7 Å². The largest absolute Gasteiger partial charge is 0.573 e. The summed E-state index contributed by atoms with van der Waals surface area (Å²) in [5, 5.41) is 17.8. The monoisotopic (exact) mass is 473 g/mol. The predicted octanol–water partition coefficient (Wildman–Crippen LogP) is 3.08. The van der Waals surface area contributed by atoms with Crippen molar-refractivity contribution < 1.29 is 27.8 Å². The summed E-state index contributed by atoms with van der Waals surface area (Å²) >= 11 is 0. The SMILES string of the molecule is C=CC(=O)NCc1nn(-c2ccc(OC(F)(F)F)cc2)c2nccc(N3CC4(CC(O)C4)C3)c12. The van der Waals surface area contributed by atoms with Gasteiger partial charge in [0.2, 0.25) is 5.91 Å². The fourth-order valence-electron chi connectivity index (χ4n) is 4.83. The van der Waals surface area contributed by atoms with Gasteiger partial charge in [0, 0.05) is 24.7 Å². The summed E-state index contributed by atoms with van der Waals surface area (Å²) in [6.45, 7) is 5.19. The molecule has 0 bridgehead atoms. The molecule has 1 saturated heterocycles. The summed E-state index contributed by atoms with van der Waals surface area (Å²) in [5.41, 5.74) is 2.62. The third kappa shape index (κ3) is 4.07. The van der Waals surface area contributed by atoms with Gasteiger partial charge in [0.25, 0.3) is 0 Å². The van der Waals surface area contributed by atoms with Gasteiger partial charge in [-0.05, 0) is 49.2 Å². The predicted molar refractivity (Wildman–Crippen MR) is 117 cm³/mol. The topological polar surface area (TPSA) is 92.5 Å². The first-order valence-corrected chi connectivity index (χ1v) is 10.7. The van der Waals surface area contributed by atoms with Crippen molar-refractivity contribution in [1.82, 2.24) is 20.1 Å². The van der Waals surface area contributed by atoms with Crippen molar-refractivity contribution in [2.45, 2.75) is 31.9 Å². The number of amides is 1. The smallest absolute Gasteiger partial charge is 0.406 e. The van der Waals surface area contributed by atoms with E-state index in [0.717, 1.165) is 37.0 Å². The molecule has 3 aromatic rings. The lowest BCUT2D eigenvalue weighted by molar-refractivity contribution is -0.274. The van der Waals surface area contributed by atoms with Crippen LogP contribution in [0.1, 0.15) is 18.5 Å². The summed E-state index contributed by atoms with van der Waals surface area (Å²) in [7, 11) is 0. The number of rotatable bonds is 6. The van der Waals surface area contributed by atoms with E-state index in [4.69, 9.17) is 0 Å². The number of alkyl halides is 3. The third-order valence-corrected chi connectivity index (χ3v) is 6.28. The summed E-state index contributed by atoms with van der Waals surface area (Å²) in [5.74, 6) is -0.693. The summed E-state index contributed by atoms with van der Waals surface area (Å²) in [4.78, 5) is 18.5. The number of nitrogens with zero attached hydrogens (tertiary/aromatic N) is 4. The standard InChI is InChI=1S/C23H22F3N5O3/c1-2-19(33)28-11-17-20-18(30-12-22(13-30)9-15(32)10-22)7-8-27-21(20)31(29-17)14-3-5-16(6-4-14)34-23(24,25)26/h2-8,15,32H,1,9-13H2,(H,28,33). The Kier molecular flexibility index (Phi) is 5.23. The number of carbonyl (C=O) groups is 1. The molecular formula is C23H22F3N5O3. The summed E-state index contributed by atoms with van der Waals surface area (Å²) < 4.78 is 43.0. The number of aliphatic hydroxyl groups excluding tert-OH is 1. The van der Waals surface area contributed by atoms with Crippen molar-refractivity contribution in [3.8, 4) is 11.4 Å². The van der Waals surface area contributed by atoms with Crippen LogP contribution in [0.3, 0.4) is 0 Å². The lowest BCUT2D eigenvalue weighted by Crippen LogP contribution is -2.63. The zero-order valence-electron chi connectivity index (χ0n) is 18.0. The number of halogens is 3. The van der Waals surface area contributed by atoms with Gasteiger partial charge in [-0.2, -0.15) is 5.10 Å². The number of anilines is 1. The first kappa shape index (κ1) is 22.2. The molecule has 34 heavy (non-hydrogen) atoms. The van der Waals surface area contributed by atoms with Crippen LogP contribution < -0.4 is 15.0 Å². The van der Waals surface area contributed by atoms with Crippen molar-refractivity contribution in [2.75, 3.05) is 18.0 Å². The Balaban J connectivity index is 1.51. The second-order valence-corrected chi connectivity index (χ2v) is 8.77. The number of aliphatic hydroxyl groups is 1. The number of ether oxygens (including phenoxy) is 1. The van der Waals surface area contributed by atoms with E-state index < -0.39 is 6.36 Å². The van der Waals surface area contributed by atoms with E-state index in [-0.39, 0.29) is 29.7 Å². The molecule has 1 aromatic carbocycles. The quantitative estimate of drug-likeness (QED) is 0.535. The molecule has 2 fully saturated rings. The van der Waals surface area contributed by atoms with Crippen LogP contribution in [0.15, 0.2) is 49.2 Å². The van der Waals surface area contributed by atoms with Crippen molar-refractivity contribution in [3.05, 3.63) is 54.9 Å². The van der Waals surface area contributed by atoms with Gasteiger partial charge in [-0.25, -0.2) is 9.67 Å². The molecule has 0 radical (unpaired) electrons. The molecule has 2 aromatic heterocycles.